The molecule has 0 radical (unpaired) electrons. The van der Waals surface area contributed by atoms with E-state index in [0.29, 0.717) is 5.69 Å². The zero-order valence-electron chi connectivity index (χ0n) is 13.4. The first-order chi connectivity index (χ1) is 11.9. The van der Waals surface area contributed by atoms with Crippen molar-refractivity contribution < 1.29 is 9.59 Å². The number of imide groups is 1. The van der Waals surface area contributed by atoms with Gasteiger partial charge in [0.15, 0.2) is 4.33 Å². The van der Waals surface area contributed by atoms with Crippen LogP contribution in [0, 0.1) is 25.7 Å². The third-order valence-electron chi connectivity index (χ3n) is 5.50. The van der Waals surface area contributed by atoms with Crippen LogP contribution < -0.4 is 4.90 Å². The first kappa shape index (κ1) is 19.2. The number of alkyl halides is 4. The molecule has 138 valence electrons. The van der Waals surface area contributed by atoms with Crippen molar-refractivity contribution in [1.29, 1.82) is 0 Å². The monoisotopic (exact) mass is 471 g/mol. The Morgan fingerprint density at radius 2 is 1.35 bits per heavy atom. The molecular formula is C17H11Cl6NO2. The molecule has 2 aliphatic carbocycles. The Morgan fingerprint density at radius 3 is 1.77 bits per heavy atom. The van der Waals surface area contributed by atoms with Crippen molar-refractivity contribution in [3.63, 3.8) is 0 Å². The highest BCUT2D eigenvalue weighted by atomic mass is 35.5. The van der Waals surface area contributed by atoms with E-state index < -0.39 is 37.7 Å². The maximum Gasteiger partial charge on any atom is 0.240 e. The average Bonchev–Trinajstić information content (AvgIpc) is 2.93. The van der Waals surface area contributed by atoms with E-state index in [9.17, 15) is 9.59 Å². The summed E-state index contributed by atoms with van der Waals surface area (Å²) in [7, 11) is 0. The van der Waals surface area contributed by atoms with Gasteiger partial charge in [-0.05, 0) is 25.5 Å². The number of allylic oxidation sites excluding steroid dienone is 2. The molecule has 0 N–H and O–H groups in total. The van der Waals surface area contributed by atoms with E-state index in [1.54, 1.807) is 6.07 Å². The van der Waals surface area contributed by atoms with Crippen LogP contribution in [-0.4, -0.2) is 25.9 Å². The number of carbonyl (C=O) groups excluding carboxylic acids is 2. The fourth-order valence-corrected chi connectivity index (χ4v) is 7.22. The maximum atomic E-state index is 13.2. The second-order valence-corrected chi connectivity index (χ2v) is 10.2. The van der Waals surface area contributed by atoms with Gasteiger partial charge in [-0.1, -0.05) is 64.1 Å². The molecule has 0 aromatic heterocycles. The van der Waals surface area contributed by atoms with E-state index in [-0.39, 0.29) is 10.1 Å². The molecule has 1 saturated heterocycles. The SMILES string of the molecule is Cc1ccc(N2C(=O)C3C(C2=O)C2(Cl)C(Cl)=C(Cl)C3(Cl)C2(Cl)Cl)c(C)c1. The number of fused-ring (bicyclic) bond motifs is 5. The summed E-state index contributed by atoms with van der Waals surface area (Å²) in [6, 6.07) is 5.39. The Balaban J connectivity index is 1.92. The van der Waals surface area contributed by atoms with E-state index in [1.165, 1.54) is 0 Å². The molecule has 4 atom stereocenters. The van der Waals surface area contributed by atoms with Crippen LogP contribution in [0.1, 0.15) is 11.1 Å². The Bertz CT molecular complexity index is 882. The van der Waals surface area contributed by atoms with Crippen LogP contribution >= 0.6 is 69.6 Å². The Kier molecular flexibility index (Phi) is 4.03. The topological polar surface area (TPSA) is 37.4 Å². The molecule has 2 amide bonds. The van der Waals surface area contributed by atoms with Crippen molar-refractivity contribution in [3.05, 3.63) is 39.4 Å². The molecule has 3 nitrogen and oxygen atoms in total. The zero-order valence-corrected chi connectivity index (χ0v) is 18.0. The number of anilines is 1. The largest absolute Gasteiger partial charge is 0.274 e. The molecule has 2 fully saturated rings. The molecule has 3 aliphatic rings. The summed E-state index contributed by atoms with van der Waals surface area (Å²) in [6.45, 7) is 3.73. The number of rotatable bonds is 1. The van der Waals surface area contributed by atoms with Crippen LogP contribution in [0.4, 0.5) is 5.69 Å². The fraction of sp³-hybridized carbons (Fsp3) is 0.412. The van der Waals surface area contributed by atoms with E-state index in [2.05, 4.69) is 0 Å². The average molecular weight is 474 g/mol. The van der Waals surface area contributed by atoms with Gasteiger partial charge in [-0.15, -0.1) is 23.2 Å². The number of hydrogen-bond donors (Lipinski definition) is 0. The molecule has 1 heterocycles. The molecule has 2 bridgehead atoms. The van der Waals surface area contributed by atoms with Crippen molar-refractivity contribution in [2.24, 2.45) is 11.8 Å². The minimum absolute atomic E-state index is 0.0919. The molecule has 1 aromatic rings. The maximum absolute atomic E-state index is 13.2. The van der Waals surface area contributed by atoms with Gasteiger partial charge in [0.25, 0.3) is 0 Å². The van der Waals surface area contributed by atoms with E-state index in [4.69, 9.17) is 69.6 Å². The van der Waals surface area contributed by atoms with Crippen LogP contribution in [-0.2, 0) is 9.59 Å². The fourth-order valence-electron chi connectivity index (χ4n) is 4.29. The Labute approximate surface area is 180 Å². The lowest BCUT2D eigenvalue weighted by Gasteiger charge is -2.34. The molecule has 1 aromatic carbocycles. The minimum atomic E-state index is -1.91. The summed E-state index contributed by atoms with van der Waals surface area (Å²) in [6.07, 6.45) is 0. The molecule has 4 rings (SSSR count). The number of carbonyl (C=O) groups is 2. The number of aryl methyl sites for hydroxylation is 2. The lowest BCUT2D eigenvalue weighted by atomic mass is 9.84. The number of benzene rings is 1. The normalized spacial score (nSPS) is 37.8. The number of nitrogens with zero attached hydrogens (tertiary/aromatic N) is 1. The highest BCUT2D eigenvalue weighted by molar-refractivity contribution is 6.67. The standard InChI is InChI=1S/C17H11Cl6NO2/c1-6-3-4-8(7(2)5-6)24-13(25)9-10(14(24)26)16(21)12(19)11(18)15(9,20)17(16,22)23/h3-5,9-10H,1-2H3. The van der Waals surface area contributed by atoms with E-state index in [1.807, 2.05) is 26.0 Å². The van der Waals surface area contributed by atoms with E-state index in [0.717, 1.165) is 16.0 Å². The summed E-state index contributed by atoms with van der Waals surface area (Å²) in [5.74, 6) is -3.31. The Hall–Kier alpha value is -0.160. The number of halogens is 6. The van der Waals surface area contributed by atoms with Crippen molar-refractivity contribution in [2.45, 2.75) is 27.9 Å². The van der Waals surface area contributed by atoms with Gasteiger partial charge >= 0.3 is 0 Å². The van der Waals surface area contributed by atoms with E-state index >= 15 is 0 Å². The molecule has 1 aliphatic heterocycles. The first-order valence-electron chi connectivity index (χ1n) is 7.69. The van der Waals surface area contributed by atoms with Gasteiger partial charge in [0.1, 0.15) is 9.75 Å². The van der Waals surface area contributed by atoms with Crippen LogP contribution in [0.2, 0.25) is 0 Å². The molecule has 4 unspecified atom stereocenters. The van der Waals surface area contributed by atoms with Crippen LogP contribution in [0.3, 0.4) is 0 Å². The summed E-state index contributed by atoms with van der Waals surface area (Å²) in [5.41, 5.74) is 2.22. The van der Waals surface area contributed by atoms with Crippen molar-refractivity contribution in [1.82, 2.24) is 0 Å². The van der Waals surface area contributed by atoms with Crippen molar-refractivity contribution in [3.8, 4) is 0 Å². The second kappa shape index (κ2) is 5.46. The smallest absolute Gasteiger partial charge is 0.240 e. The summed E-state index contributed by atoms with van der Waals surface area (Å²) < 4.78 is -1.91. The van der Waals surface area contributed by atoms with Crippen molar-refractivity contribution >= 4 is 87.1 Å². The predicted octanol–water partition coefficient (Wildman–Crippen LogP) is 5.25. The summed E-state index contributed by atoms with van der Waals surface area (Å²) in [4.78, 5) is 24.0. The van der Waals surface area contributed by atoms with Gasteiger partial charge in [0.05, 0.1) is 27.6 Å². The zero-order chi connectivity index (χ0) is 19.4. The third-order valence-corrected chi connectivity index (χ3v) is 9.76. The minimum Gasteiger partial charge on any atom is -0.274 e. The van der Waals surface area contributed by atoms with Crippen LogP contribution in [0.15, 0.2) is 28.3 Å². The Morgan fingerprint density at radius 1 is 0.885 bits per heavy atom. The molecule has 26 heavy (non-hydrogen) atoms. The number of hydrogen-bond acceptors (Lipinski definition) is 2. The van der Waals surface area contributed by atoms with Gasteiger partial charge in [-0.25, -0.2) is 4.90 Å². The predicted molar refractivity (Wildman–Crippen MR) is 106 cm³/mol. The molecule has 9 heteroatoms. The summed E-state index contributed by atoms with van der Waals surface area (Å²) in [5, 5.41) is -0.184. The number of amides is 2. The van der Waals surface area contributed by atoms with Gasteiger partial charge in [0.2, 0.25) is 11.8 Å². The molecule has 0 spiro atoms. The van der Waals surface area contributed by atoms with Gasteiger partial charge < -0.3 is 0 Å². The quantitative estimate of drug-likeness (QED) is 0.412. The highest BCUT2D eigenvalue weighted by Crippen LogP contribution is 2.77. The van der Waals surface area contributed by atoms with Gasteiger partial charge in [0, 0.05) is 0 Å². The van der Waals surface area contributed by atoms with Gasteiger partial charge in [-0.2, -0.15) is 0 Å². The molecule has 1 saturated carbocycles. The third kappa shape index (κ3) is 1.81. The van der Waals surface area contributed by atoms with Gasteiger partial charge in [-0.3, -0.25) is 9.59 Å². The van der Waals surface area contributed by atoms with Crippen LogP contribution in [0.25, 0.3) is 0 Å². The highest BCUT2D eigenvalue weighted by Gasteiger charge is 2.87. The summed E-state index contributed by atoms with van der Waals surface area (Å²) >= 11 is 38.8. The second-order valence-electron chi connectivity index (χ2n) is 6.88. The molecular weight excluding hydrogens is 463 g/mol. The van der Waals surface area contributed by atoms with Crippen molar-refractivity contribution in [2.75, 3.05) is 4.90 Å². The lowest BCUT2D eigenvalue weighted by molar-refractivity contribution is -0.123. The van der Waals surface area contributed by atoms with Crippen LogP contribution in [0.5, 0.6) is 0 Å². The lowest BCUT2D eigenvalue weighted by Crippen LogP contribution is -2.50. The first-order valence-corrected chi connectivity index (χ1v) is 9.96.